The van der Waals surface area contributed by atoms with Crippen molar-refractivity contribution in [3.05, 3.63) is 59.7 Å². The molecule has 2 saturated heterocycles. The fourth-order valence-corrected chi connectivity index (χ4v) is 4.36. The standard InChI is InChI=1S/C24H26F3N3O2/c1-2-17-6-8-20(9-7-17)30-16-18(14-22(30)31)23(32)29-12-10-28(11-13-29)21-5-3-4-19(15-21)24(25,26)27/h3-9,15,18H,2,10-14,16H2,1H3/t18-/m1/s1. The summed E-state index contributed by atoms with van der Waals surface area (Å²) in [4.78, 5) is 30.8. The number of nitrogens with zero attached hydrogens (tertiary/aromatic N) is 3. The molecule has 2 heterocycles. The van der Waals surface area contributed by atoms with Gasteiger partial charge in [-0.1, -0.05) is 25.1 Å². The van der Waals surface area contributed by atoms with Gasteiger partial charge in [-0.05, 0) is 42.3 Å². The van der Waals surface area contributed by atoms with Gasteiger partial charge in [0.15, 0.2) is 0 Å². The predicted molar refractivity (Wildman–Crippen MR) is 117 cm³/mol. The second-order valence-corrected chi connectivity index (χ2v) is 8.29. The Labute approximate surface area is 185 Å². The summed E-state index contributed by atoms with van der Waals surface area (Å²) >= 11 is 0. The second kappa shape index (κ2) is 8.84. The number of carbonyl (C=O) groups excluding carboxylic acids is 2. The van der Waals surface area contributed by atoms with Crippen molar-refractivity contribution in [3.8, 4) is 0 Å². The maximum absolute atomic E-state index is 13.0. The Morgan fingerprint density at radius 2 is 1.69 bits per heavy atom. The minimum Gasteiger partial charge on any atom is -0.368 e. The summed E-state index contributed by atoms with van der Waals surface area (Å²) in [7, 11) is 0. The van der Waals surface area contributed by atoms with Gasteiger partial charge in [0.1, 0.15) is 0 Å². The van der Waals surface area contributed by atoms with Crippen molar-refractivity contribution in [2.24, 2.45) is 5.92 Å². The molecule has 0 radical (unpaired) electrons. The highest BCUT2D eigenvalue weighted by Crippen LogP contribution is 2.32. The van der Waals surface area contributed by atoms with Crippen LogP contribution >= 0.6 is 0 Å². The molecule has 0 unspecified atom stereocenters. The van der Waals surface area contributed by atoms with Gasteiger partial charge in [-0.3, -0.25) is 9.59 Å². The highest BCUT2D eigenvalue weighted by molar-refractivity contribution is 6.00. The first-order valence-corrected chi connectivity index (χ1v) is 10.9. The normalized spacial score (nSPS) is 19.6. The van der Waals surface area contributed by atoms with Crippen molar-refractivity contribution in [1.82, 2.24) is 4.90 Å². The summed E-state index contributed by atoms with van der Waals surface area (Å²) in [5.41, 5.74) is 1.82. The molecular weight excluding hydrogens is 419 g/mol. The van der Waals surface area contributed by atoms with E-state index in [1.54, 1.807) is 15.9 Å². The molecule has 2 aliphatic heterocycles. The van der Waals surface area contributed by atoms with Gasteiger partial charge < -0.3 is 14.7 Å². The number of aryl methyl sites for hydroxylation is 1. The topological polar surface area (TPSA) is 43.9 Å². The summed E-state index contributed by atoms with van der Waals surface area (Å²) in [6.07, 6.45) is -3.28. The molecule has 2 aromatic carbocycles. The molecule has 0 spiro atoms. The summed E-state index contributed by atoms with van der Waals surface area (Å²) in [5.74, 6) is -0.515. The van der Waals surface area contributed by atoms with Crippen LogP contribution in [-0.2, 0) is 22.2 Å². The lowest BCUT2D eigenvalue weighted by Crippen LogP contribution is -2.50. The Bertz CT molecular complexity index is 983. The van der Waals surface area contributed by atoms with Crippen molar-refractivity contribution >= 4 is 23.2 Å². The quantitative estimate of drug-likeness (QED) is 0.716. The van der Waals surface area contributed by atoms with Gasteiger partial charge in [0.05, 0.1) is 11.5 Å². The van der Waals surface area contributed by atoms with Crippen LogP contribution in [0, 0.1) is 5.92 Å². The van der Waals surface area contributed by atoms with Crippen LogP contribution in [0.15, 0.2) is 48.5 Å². The lowest BCUT2D eigenvalue weighted by molar-refractivity contribution is -0.137. The van der Waals surface area contributed by atoms with E-state index in [1.807, 2.05) is 29.2 Å². The number of amides is 2. The Morgan fingerprint density at radius 3 is 2.31 bits per heavy atom. The lowest BCUT2D eigenvalue weighted by atomic mass is 10.1. The van der Waals surface area contributed by atoms with Gasteiger partial charge in [-0.15, -0.1) is 0 Å². The number of alkyl halides is 3. The van der Waals surface area contributed by atoms with Crippen molar-refractivity contribution < 1.29 is 22.8 Å². The number of rotatable bonds is 4. The van der Waals surface area contributed by atoms with E-state index in [0.717, 1.165) is 24.2 Å². The second-order valence-electron chi connectivity index (χ2n) is 8.29. The van der Waals surface area contributed by atoms with Gasteiger partial charge in [-0.25, -0.2) is 0 Å². The van der Waals surface area contributed by atoms with E-state index >= 15 is 0 Å². The fraction of sp³-hybridized carbons (Fsp3) is 0.417. The Hall–Kier alpha value is -3.03. The fourth-order valence-electron chi connectivity index (χ4n) is 4.36. The summed E-state index contributed by atoms with van der Waals surface area (Å²) < 4.78 is 39.0. The van der Waals surface area contributed by atoms with Crippen LogP contribution in [0.5, 0.6) is 0 Å². The molecule has 4 rings (SSSR count). The summed E-state index contributed by atoms with van der Waals surface area (Å²) in [6.45, 7) is 4.18. The Morgan fingerprint density at radius 1 is 1.00 bits per heavy atom. The van der Waals surface area contributed by atoms with E-state index in [9.17, 15) is 22.8 Å². The van der Waals surface area contributed by atoms with Crippen LogP contribution in [0.2, 0.25) is 0 Å². The third-order valence-electron chi connectivity index (χ3n) is 6.26. The minimum absolute atomic E-state index is 0.0600. The SMILES string of the molecule is CCc1ccc(N2C[C@H](C(=O)N3CCN(c4cccc(C(F)(F)F)c4)CC3)CC2=O)cc1. The van der Waals surface area contributed by atoms with Crippen LogP contribution in [0.25, 0.3) is 0 Å². The molecule has 0 saturated carbocycles. The third kappa shape index (κ3) is 4.59. The molecule has 170 valence electrons. The molecule has 0 aromatic heterocycles. The van der Waals surface area contributed by atoms with Gasteiger partial charge >= 0.3 is 6.18 Å². The molecule has 5 nitrogen and oxygen atoms in total. The Kier molecular flexibility index (Phi) is 6.13. The van der Waals surface area contributed by atoms with E-state index in [2.05, 4.69) is 6.92 Å². The molecule has 2 aliphatic rings. The average Bonchev–Trinajstić information content (AvgIpc) is 3.20. The van der Waals surface area contributed by atoms with E-state index in [-0.39, 0.29) is 18.2 Å². The largest absolute Gasteiger partial charge is 0.416 e. The molecule has 2 fully saturated rings. The van der Waals surface area contributed by atoms with Gasteiger partial charge in [-0.2, -0.15) is 13.2 Å². The monoisotopic (exact) mass is 445 g/mol. The molecular formula is C24H26F3N3O2. The van der Waals surface area contributed by atoms with Gasteiger partial charge in [0, 0.05) is 50.5 Å². The molecule has 8 heteroatoms. The van der Waals surface area contributed by atoms with Crippen molar-refractivity contribution in [2.75, 3.05) is 42.5 Å². The van der Waals surface area contributed by atoms with Crippen molar-refractivity contribution in [2.45, 2.75) is 25.9 Å². The third-order valence-corrected chi connectivity index (χ3v) is 6.26. The summed E-state index contributed by atoms with van der Waals surface area (Å²) in [6, 6.07) is 13.1. The number of anilines is 2. The number of halogens is 3. The van der Waals surface area contributed by atoms with Gasteiger partial charge in [0.25, 0.3) is 0 Å². The van der Waals surface area contributed by atoms with Crippen LogP contribution in [0.3, 0.4) is 0 Å². The zero-order valence-corrected chi connectivity index (χ0v) is 17.9. The molecule has 2 amide bonds. The predicted octanol–water partition coefficient (Wildman–Crippen LogP) is 3.97. The molecule has 2 aromatic rings. The maximum atomic E-state index is 13.0. The van der Waals surface area contributed by atoms with Crippen LogP contribution in [0.4, 0.5) is 24.5 Å². The number of benzene rings is 2. The van der Waals surface area contributed by atoms with Gasteiger partial charge in [0.2, 0.25) is 11.8 Å². The van der Waals surface area contributed by atoms with Crippen molar-refractivity contribution in [1.29, 1.82) is 0 Å². The molecule has 32 heavy (non-hydrogen) atoms. The van der Waals surface area contributed by atoms with E-state index in [0.29, 0.717) is 38.4 Å². The molecule has 0 aliphatic carbocycles. The first-order chi connectivity index (χ1) is 15.3. The highest BCUT2D eigenvalue weighted by Gasteiger charge is 2.38. The van der Waals surface area contributed by atoms with Crippen LogP contribution < -0.4 is 9.80 Å². The first-order valence-electron chi connectivity index (χ1n) is 10.9. The van der Waals surface area contributed by atoms with E-state index in [1.165, 1.54) is 11.6 Å². The number of piperazine rings is 1. The van der Waals surface area contributed by atoms with E-state index < -0.39 is 17.7 Å². The van der Waals surface area contributed by atoms with Crippen LogP contribution in [0.1, 0.15) is 24.5 Å². The van der Waals surface area contributed by atoms with Crippen molar-refractivity contribution in [3.63, 3.8) is 0 Å². The van der Waals surface area contributed by atoms with E-state index in [4.69, 9.17) is 0 Å². The molecule has 0 N–H and O–H groups in total. The summed E-state index contributed by atoms with van der Waals surface area (Å²) in [5, 5.41) is 0. The zero-order valence-electron chi connectivity index (χ0n) is 17.9. The van der Waals surface area contributed by atoms with Crippen LogP contribution in [-0.4, -0.2) is 49.4 Å². The number of hydrogen-bond donors (Lipinski definition) is 0. The number of carbonyl (C=O) groups is 2. The highest BCUT2D eigenvalue weighted by atomic mass is 19.4. The smallest absolute Gasteiger partial charge is 0.368 e. The average molecular weight is 445 g/mol. The molecule has 1 atom stereocenters. The minimum atomic E-state index is -4.38. The number of hydrogen-bond acceptors (Lipinski definition) is 3. The maximum Gasteiger partial charge on any atom is 0.416 e. The molecule has 0 bridgehead atoms. The lowest BCUT2D eigenvalue weighted by Gasteiger charge is -2.37. The first kappa shape index (κ1) is 22.2. The Balaban J connectivity index is 1.36. The zero-order chi connectivity index (χ0) is 22.9.